The molecule has 0 aromatic heterocycles. The molecule has 0 saturated heterocycles. The molecule has 0 spiro atoms. The summed E-state index contributed by atoms with van der Waals surface area (Å²) in [6.45, 7) is 1.01. The minimum atomic E-state index is -0.887. The lowest BCUT2D eigenvalue weighted by atomic mass is 10.2. The monoisotopic (exact) mass is 257 g/mol. The molecule has 1 rings (SSSR count). The van der Waals surface area contributed by atoms with E-state index in [0.717, 1.165) is 5.56 Å². The zero-order valence-corrected chi connectivity index (χ0v) is 10.2. The average molecular weight is 258 g/mol. The van der Waals surface area contributed by atoms with Crippen LogP contribution in [-0.4, -0.2) is 28.8 Å². The van der Waals surface area contributed by atoms with E-state index < -0.39 is 12.1 Å². The van der Waals surface area contributed by atoms with Crippen molar-refractivity contribution in [3.05, 3.63) is 34.9 Å². The summed E-state index contributed by atoms with van der Waals surface area (Å²) >= 11 is 5.75. The number of carboxylic acid groups (broad SMARTS) is 1. The van der Waals surface area contributed by atoms with Crippen molar-refractivity contribution in [2.75, 3.05) is 6.54 Å². The molecule has 17 heavy (non-hydrogen) atoms. The van der Waals surface area contributed by atoms with E-state index in [2.05, 4.69) is 5.32 Å². The molecule has 0 aliphatic carbocycles. The van der Waals surface area contributed by atoms with Crippen LogP contribution in [0.2, 0.25) is 5.02 Å². The fourth-order valence-electron chi connectivity index (χ4n) is 1.38. The molecule has 0 heterocycles. The van der Waals surface area contributed by atoms with Gasteiger partial charge in [0.25, 0.3) is 0 Å². The standard InChI is InChI=1S/C12H16ClNO3/c13-10-3-1-9(2-4-10)7-14-8-11(15)5-6-12(16)17/h1-4,11,14-15H,5-8H2,(H,16,17). The Kier molecular flexibility index (Phi) is 5.97. The maximum absolute atomic E-state index is 10.3. The summed E-state index contributed by atoms with van der Waals surface area (Å²) in [5, 5.41) is 21.7. The van der Waals surface area contributed by atoms with Gasteiger partial charge in [-0.2, -0.15) is 0 Å². The fraction of sp³-hybridized carbons (Fsp3) is 0.417. The highest BCUT2D eigenvalue weighted by Crippen LogP contribution is 2.09. The van der Waals surface area contributed by atoms with E-state index >= 15 is 0 Å². The van der Waals surface area contributed by atoms with E-state index in [0.29, 0.717) is 18.1 Å². The van der Waals surface area contributed by atoms with Crippen LogP contribution in [0.4, 0.5) is 0 Å². The maximum atomic E-state index is 10.3. The second kappa shape index (κ2) is 7.27. The molecule has 0 amide bonds. The summed E-state index contributed by atoms with van der Waals surface area (Å²) < 4.78 is 0. The molecule has 1 aromatic rings. The number of hydrogen-bond donors (Lipinski definition) is 3. The van der Waals surface area contributed by atoms with E-state index in [1.165, 1.54) is 0 Å². The second-order valence-electron chi connectivity index (χ2n) is 3.84. The highest BCUT2D eigenvalue weighted by molar-refractivity contribution is 6.30. The first-order chi connectivity index (χ1) is 8.08. The van der Waals surface area contributed by atoms with Crippen molar-refractivity contribution in [3.8, 4) is 0 Å². The van der Waals surface area contributed by atoms with Crippen LogP contribution < -0.4 is 5.32 Å². The highest BCUT2D eigenvalue weighted by atomic mass is 35.5. The van der Waals surface area contributed by atoms with Crippen LogP contribution in [0, 0.1) is 0 Å². The van der Waals surface area contributed by atoms with E-state index in [4.69, 9.17) is 16.7 Å². The van der Waals surface area contributed by atoms with Crippen LogP contribution in [0.1, 0.15) is 18.4 Å². The summed E-state index contributed by atoms with van der Waals surface area (Å²) in [4.78, 5) is 10.3. The first kappa shape index (κ1) is 14.0. The summed E-state index contributed by atoms with van der Waals surface area (Å²) in [6, 6.07) is 7.41. The van der Waals surface area contributed by atoms with Gasteiger partial charge in [-0.25, -0.2) is 0 Å². The molecular formula is C12H16ClNO3. The Morgan fingerprint density at radius 2 is 2.00 bits per heavy atom. The number of nitrogens with one attached hydrogen (secondary N) is 1. The molecule has 5 heteroatoms. The van der Waals surface area contributed by atoms with Crippen molar-refractivity contribution in [2.24, 2.45) is 0 Å². The van der Waals surface area contributed by atoms with Crippen LogP contribution >= 0.6 is 11.6 Å². The van der Waals surface area contributed by atoms with E-state index in [1.54, 1.807) is 12.1 Å². The second-order valence-corrected chi connectivity index (χ2v) is 4.28. The minimum absolute atomic E-state index is 0.0101. The number of benzene rings is 1. The Morgan fingerprint density at radius 3 is 2.59 bits per heavy atom. The summed E-state index contributed by atoms with van der Waals surface area (Å²) in [5.74, 6) is -0.887. The number of halogens is 1. The van der Waals surface area contributed by atoms with Gasteiger partial charge in [0, 0.05) is 24.5 Å². The number of hydrogen-bond acceptors (Lipinski definition) is 3. The largest absolute Gasteiger partial charge is 0.481 e. The molecule has 0 aliphatic rings. The topological polar surface area (TPSA) is 69.6 Å². The SMILES string of the molecule is O=C(O)CCC(O)CNCc1ccc(Cl)cc1. The highest BCUT2D eigenvalue weighted by Gasteiger charge is 2.06. The van der Waals surface area contributed by atoms with E-state index in [9.17, 15) is 9.90 Å². The van der Waals surface area contributed by atoms with Gasteiger partial charge in [0.05, 0.1) is 6.10 Å². The number of carbonyl (C=O) groups is 1. The van der Waals surface area contributed by atoms with Gasteiger partial charge in [0.1, 0.15) is 0 Å². The molecular weight excluding hydrogens is 242 g/mol. The van der Waals surface area contributed by atoms with Crippen LogP contribution in [0.25, 0.3) is 0 Å². The molecule has 1 unspecified atom stereocenters. The van der Waals surface area contributed by atoms with Gasteiger partial charge in [0.2, 0.25) is 0 Å². The molecule has 0 radical (unpaired) electrons. The third-order valence-electron chi connectivity index (χ3n) is 2.31. The molecule has 0 aliphatic heterocycles. The predicted molar refractivity (Wildman–Crippen MR) is 66.0 cm³/mol. The van der Waals surface area contributed by atoms with Gasteiger partial charge in [-0.3, -0.25) is 4.79 Å². The fourth-order valence-corrected chi connectivity index (χ4v) is 1.50. The van der Waals surface area contributed by atoms with E-state index in [1.807, 2.05) is 12.1 Å². The first-order valence-electron chi connectivity index (χ1n) is 5.43. The predicted octanol–water partition coefficient (Wildman–Crippen LogP) is 1.66. The van der Waals surface area contributed by atoms with Crippen molar-refractivity contribution >= 4 is 17.6 Å². The van der Waals surface area contributed by atoms with Crippen molar-refractivity contribution < 1.29 is 15.0 Å². The van der Waals surface area contributed by atoms with Gasteiger partial charge in [-0.15, -0.1) is 0 Å². The molecule has 1 atom stereocenters. The summed E-state index contributed by atoms with van der Waals surface area (Å²) in [6.07, 6.45) is -0.370. The van der Waals surface area contributed by atoms with Crippen molar-refractivity contribution in [2.45, 2.75) is 25.5 Å². The normalized spacial score (nSPS) is 12.4. The summed E-state index contributed by atoms with van der Waals surface area (Å²) in [7, 11) is 0. The number of aliphatic carboxylic acids is 1. The number of aliphatic hydroxyl groups excluding tert-OH is 1. The number of rotatable bonds is 7. The molecule has 4 nitrogen and oxygen atoms in total. The average Bonchev–Trinajstić information content (AvgIpc) is 2.29. The van der Waals surface area contributed by atoms with Crippen molar-refractivity contribution in [1.29, 1.82) is 0 Å². The first-order valence-corrected chi connectivity index (χ1v) is 5.80. The number of carboxylic acids is 1. The van der Waals surface area contributed by atoms with Gasteiger partial charge < -0.3 is 15.5 Å². The third kappa shape index (κ3) is 6.26. The van der Waals surface area contributed by atoms with Crippen LogP contribution in [-0.2, 0) is 11.3 Å². The lowest BCUT2D eigenvalue weighted by Crippen LogP contribution is -2.26. The third-order valence-corrected chi connectivity index (χ3v) is 2.57. The molecule has 1 aromatic carbocycles. The van der Waals surface area contributed by atoms with E-state index in [-0.39, 0.29) is 12.8 Å². The zero-order valence-electron chi connectivity index (χ0n) is 9.40. The molecule has 0 fully saturated rings. The van der Waals surface area contributed by atoms with Crippen LogP contribution in [0.3, 0.4) is 0 Å². The van der Waals surface area contributed by atoms with Crippen molar-refractivity contribution in [3.63, 3.8) is 0 Å². The molecule has 0 bridgehead atoms. The summed E-state index contributed by atoms with van der Waals surface area (Å²) in [5.41, 5.74) is 1.07. The minimum Gasteiger partial charge on any atom is -0.481 e. The van der Waals surface area contributed by atoms with Gasteiger partial charge in [-0.05, 0) is 24.1 Å². The van der Waals surface area contributed by atoms with Crippen molar-refractivity contribution in [1.82, 2.24) is 5.32 Å². The van der Waals surface area contributed by atoms with Gasteiger partial charge in [0.15, 0.2) is 0 Å². The lowest BCUT2D eigenvalue weighted by Gasteiger charge is -2.10. The molecule has 0 saturated carbocycles. The zero-order chi connectivity index (χ0) is 12.7. The Balaban J connectivity index is 2.18. The smallest absolute Gasteiger partial charge is 0.303 e. The lowest BCUT2D eigenvalue weighted by molar-refractivity contribution is -0.137. The van der Waals surface area contributed by atoms with Gasteiger partial charge in [-0.1, -0.05) is 23.7 Å². The molecule has 94 valence electrons. The Labute approximate surface area is 105 Å². The maximum Gasteiger partial charge on any atom is 0.303 e. The van der Waals surface area contributed by atoms with Crippen LogP contribution in [0.15, 0.2) is 24.3 Å². The molecule has 3 N–H and O–H groups in total. The Hall–Kier alpha value is -1.10. The number of aliphatic hydroxyl groups is 1. The van der Waals surface area contributed by atoms with Gasteiger partial charge >= 0.3 is 5.97 Å². The van der Waals surface area contributed by atoms with Crippen LogP contribution in [0.5, 0.6) is 0 Å². The Bertz CT molecular complexity index is 353. The Morgan fingerprint density at radius 1 is 1.35 bits per heavy atom. The quantitative estimate of drug-likeness (QED) is 0.695.